The molecule has 1 aromatic carbocycles. The largest absolute Gasteiger partial charge is 0.478 e. The number of aromatic carboxylic acids is 1. The lowest BCUT2D eigenvalue weighted by molar-refractivity contribution is -0.384. The van der Waals surface area contributed by atoms with Crippen molar-refractivity contribution >= 4 is 29.2 Å². The van der Waals surface area contributed by atoms with Gasteiger partial charge in [0.1, 0.15) is 10.8 Å². The van der Waals surface area contributed by atoms with Gasteiger partial charge in [0.05, 0.1) is 15.4 Å². The highest BCUT2D eigenvalue weighted by Gasteiger charge is 2.15. The molecule has 0 aliphatic carbocycles. The maximum absolute atomic E-state index is 13.6. The number of anilines is 1. The van der Waals surface area contributed by atoms with E-state index in [1.165, 1.54) is 6.07 Å². The van der Waals surface area contributed by atoms with E-state index in [2.05, 4.69) is 4.98 Å². The van der Waals surface area contributed by atoms with Crippen LogP contribution in [-0.4, -0.2) is 21.0 Å². The molecule has 1 heterocycles. The molecule has 9 heteroatoms. The summed E-state index contributed by atoms with van der Waals surface area (Å²) in [4.78, 5) is 24.6. The van der Waals surface area contributed by atoms with E-state index in [0.717, 1.165) is 36.0 Å². The quantitative estimate of drug-likeness (QED) is 0.657. The minimum Gasteiger partial charge on any atom is -0.478 e. The first-order valence-electron chi connectivity index (χ1n) is 5.50. The van der Waals surface area contributed by atoms with Crippen LogP contribution in [0.1, 0.15) is 10.4 Å². The van der Waals surface area contributed by atoms with Crippen molar-refractivity contribution < 1.29 is 19.2 Å². The van der Waals surface area contributed by atoms with Crippen LogP contribution in [0.2, 0.25) is 0 Å². The topological polar surface area (TPSA) is 119 Å². The first-order chi connectivity index (χ1) is 9.88. The number of pyridine rings is 1. The average molecular weight is 309 g/mol. The summed E-state index contributed by atoms with van der Waals surface area (Å²) in [5.41, 5.74) is 5.01. The van der Waals surface area contributed by atoms with Crippen molar-refractivity contribution in [2.75, 3.05) is 5.73 Å². The Hall–Kier alpha value is -2.68. The summed E-state index contributed by atoms with van der Waals surface area (Å²) in [7, 11) is 0. The maximum atomic E-state index is 13.6. The fourth-order valence-electron chi connectivity index (χ4n) is 1.49. The molecule has 0 aliphatic rings. The van der Waals surface area contributed by atoms with Gasteiger partial charge in [-0.05, 0) is 24.3 Å². The first kappa shape index (κ1) is 14.7. The van der Waals surface area contributed by atoms with Crippen LogP contribution in [0, 0.1) is 15.9 Å². The summed E-state index contributed by atoms with van der Waals surface area (Å²) in [6.07, 6.45) is 0. The van der Waals surface area contributed by atoms with Crippen molar-refractivity contribution in [3.8, 4) is 0 Å². The number of halogens is 1. The second-order valence-corrected chi connectivity index (χ2v) is 4.93. The number of carboxylic acid groups (broad SMARTS) is 1. The first-order valence-corrected chi connectivity index (χ1v) is 6.31. The summed E-state index contributed by atoms with van der Waals surface area (Å²) in [5, 5.41) is 19.7. The number of rotatable bonds is 4. The number of nitrogen functional groups attached to an aromatic ring is 1. The highest BCUT2D eigenvalue weighted by molar-refractivity contribution is 7.99. The van der Waals surface area contributed by atoms with Gasteiger partial charge in [0.25, 0.3) is 0 Å². The highest BCUT2D eigenvalue weighted by atomic mass is 32.2. The van der Waals surface area contributed by atoms with E-state index in [1.807, 2.05) is 0 Å². The summed E-state index contributed by atoms with van der Waals surface area (Å²) in [5.74, 6) is -2.10. The number of carboxylic acids is 1. The maximum Gasteiger partial charge on any atom is 0.335 e. The Bertz CT molecular complexity index is 738. The van der Waals surface area contributed by atoms with Crippen LogP contribution in [-0.2, 0) is 0 Å². The minimum atomic E-state index is -1.19. The van der Waals surface area contributed by atoms with Crippen LogP contribution < -0.4 is 5.73 Å². The Morgan fingerprint density at radius 2 is 2.10 bits per heavy atom. The molecule has 0 amide bonds. The van der Waals surface area contributed by atoms with Crippen LogP contribution in [0.4, 0.5) is 15.9 Å². The monoisotopic (exact) mass is 309 g/mol. The van der Waals surface area contributed by atoms with Crippen LogP contribution >= 0.6 is 11.8 Å². The molecular weight excluding hydrogens is 301 g/mol. The van der Waals surface area contributed by atoms with Gasteiger partial charge in [-0.1, -0.05) is 11.8 Å². The zero-order chi connectivity index (χ0) is 15.6. The van der Waals surface area contributed by atoms with Crippen LogP contribution in [0.25, 0.3) is 0 Å². The van der Waals surface area contributed by atoms with Crippen LogP contribution in [0.3, 0.4) is 0 Å². The van der Waals surface area contributed by atoms with Crippen molar-refractivity contribution in [3.63, 3.8) is 0 Å². The van der Waals surface area contributed by atoms with E-state index in [1.54, 1.807) is 0 Å². The smallest absolute Gasteiger partial charge is 0.335 e. The zero-order valence-corrected chi connectivity index (χ0v) is 11.1. The third-order valence-corrected chi connectivity index (χ3v) is 3.44. The van der Waals surface area contributed by atoms with E-state index in [9.17, 15) is 19.3 Å². The number of nitro groups is 1. The van der Waals surface area contributed by atoms with Gasteiger partial charge < -0.3 is 10.8 Å². The molecule has 0 atom stereocenters. The van der Waals surface area contributed by atoms with Gasteiger partial charge >= 0.3 is 11.7 Å². The predicted octanol–water partition coefficient (Wildman–Crippen LogP) is 2.56. The number of nitrogens with two attached hydrogens (primary N) is 1. The standard InChI is InChI=1S/C12H8FN3O4S/c13-7-2-1-6(12(17)18)5-9(7)21-10-4-3-8(16(19)20)11(14)15-10/h1-5H,(H2,14,15)(H,17,18). The molecule has 0 radical (unpaired) electrons. The Kier molecular flexibility index (Phi) is 4.03. The van der Waals surface area contributed by atoms with Gasteiger partial charge in [-0.25, -0.2) is 14.2 Å². The summed E-state index contributed by atoms with van der Waals surface area (Å²) < 4.78 is 13.6. The summed E-state index contributed by atoms with van der Waals surface area (Å²) in [6.45, 7) is 0. The third-order valence-electron chi connectivity index (χ3n) is 2.47. The van der Waals surface area contributed by atoms with Gasteiger partial charge in [-0.3, -0.25) is 10.1 Å². The molecule has 0 fully saturated rings. The van der Waals surface area contributed by atoms with Gasteiger partial charge in [0, 0.05) is 6.07 Å². The molecular formula is C12H8FN3O4S. The number of nitrogens with zero attached hydrogens (tertiary/aromatic N) is 2. The average Bonchev–Trinajstić information content (AvgIpc) is 2.40. The van der Waals surface area contributed by atoms with Crippen molar-refractivity contribution in [2.24, 2.45) is 0 Å². The number of hydrogen-bond donors (Lipinski definition) is 2. The third kappa shape index (κ3) is 3.26. The predicted molar refractivity (Wildman–Crippen MR) is 72.8 cm³/mol. The van der Waals surface area contributed by atoms with Crippen molar-refractivity contribution in [3.05, 3.63) is 51.8 Å². The van der Waals surface area contributed by atoms with Gasteiger partial charge in [0.2, 0.25) is 5.82 Å². The molecule has 0 saturated carbocycles. The zero-order valence-electron chi connectivity index (χ0n) is 10.3. The molecule has 0 unspecified atom stereocenters. The molecule has 3 N–H and O–H groups in total. The minimum absolute atomic E-state index is 0.0376. The fraction of sp³-hybridized carbons (Fsp3) is 0. The number of carbonyl (C=O) groups is 1. The van der Waals surface area contributed by atoms with Crippen molar-refractivity contribution in [1.29, 1.82) is 0 Å². The molecule has 0 saturated heterocycles. The molecule has 7 nitrogen and oxygen atoms in total. The van der Waals surface area contributed by atoms with Gasteiger partial charge in [-0.2, -0.15) is 0 Å². The lowest BCUT2D eigenvalue weighted by atomic mass is 10.2. The number of benzene rings is 1. The molecule has 0 aliphatic heterocycles. The number of hydrogen-bond acceptors (Lipinski definition) is 6. The lowest BCUT2D eigenvalue weighted by Crippen LogP contribution is -1.99. The molecule has 2 aromatic rings. The van der Waals surface area contributed by atoms with E-state index >= 15 is 0 Å². The van der Waals surface area contributed by atoms with E-state index in [4.69, 9.17) is 10.8 Å². The normalized spacial score (nSPS) is 10.3. The van der Waals surface area contributed by atoms with Gasteiger partial charge in [-0.15, -0.1) is 0 Å². The molecule has 21 heavy (non-hydrogen) atoms. The molecule has 1 aromatic heterocycles. The van der Waals surface area contributed by atoms with Crippen molar-refractivity contribution in [1.82, 2.24) is 4.98 Å². The summed E-state index contributed by atoms with van der Waals surface area (Å²) >= 11 is 0.828. The Morgan fingerprint density at radius 1 is 1.38 bits per heavy atom. The second-order valence-electron chi connectivity index (χ2n) is 3.86. The van der Waals surface area contributed by atoms with Crippen molar-refractivity contribution in [2.45, 2.75) is 9.92 Å². The molecule has 0 bridgehead atoms. The van der Waals surface area contributed by atoms with E-state index in [-0.39, 0.29) is 27.0 Å². The Balaban J connectivity index is 2.34. The highest BCUT2D eigenvalue weighted by Crippen LogP contribution is 2.31. The Labute approximate surface area is 121 Å². The van der Waals surface area contributed by atoms with E-state index in [0.29, 0.717) is 0 Å². The summed E-state index contributed by atoms with van der Waals surface area (Å²) in [6, 6.07) is 5.79. The second kappa shape index (κ2) is 5.75. The fourth-order valence-corrected chi connectivity index (χ4v) is 2.34. The molecule has 2 rings (SSSR count). The van der Waals surface area contributed by atoms with Crippen LogP contribution in [0.5, 0.6) is 0 Å². The Morgan fingerprint density at radius 3 is 2.67 bits per heavy atom. The molecule has 108 valence electrons. The van der Waals surface area contributed by atoms with Gasteiger partial charge in [0.15, 0.2) is 0 Å². The lowest BCUT2D eigenvalue weighted by Gasteiger charge is -2.05. The van der Waals surface area contributed by atoms with Crippen LogP contribution in [0.15, 0.2) is 40.3 Å². The SMILES string of the molecule is Nc1nc(Sc2cc(C(=O)O)ccc2F)ccc1[N+](=O)[O-]. The van der Waals surface area contributed by atoms with E-state index < -0.39 is 16.7 Å². The number of aromatic nitrogens is 1. The molecule has 0 spiro atoms.